The number of hydrogen-bond acceptors (Lipinski definition) is 7. The van der Waals surface area contributed by atoms with Gasteiger partial charge in [0.2, 0.25) is 5.91 Å². The van der Waals surface area contributed by atoms with E-state index in [-0.39, 0.29) is 42.3 Å². The van der Waals surface area contributed by atoms with Crippen LogP contribution < -0.4 is 11.1 Å². The first-order valence-electron chi connectivity index (χ1n) is 13.1. The van der Waals surface area contributed by atoms with Crippen LogP contribution in [-0.4, -0.2) is 38.7 Å². The maximum Gasteiger partial charge on any atom is 0.305 e. The van der Waals surface area contributed by atoms with Crippen LogP contribution in [0.4, 0.5) is 16.0 Å². The molecule has 0 spiro atoms. The number of esters is 1. The van der Waals surface area contributed by atoms with E-state index in [2.05, 4.69) is 10.3 Å². The number of amides is 1. The summed E-state index contributed by atoms with van der Waals surface area (Å²) in [5.74, 6) is -0.132. The summed E-state index contributed by atoms with van der Waals surface area (Å²) in [6, 6.07) is 21.6. The summed E-state index contributed by atoms with van der Waals surface area (Å²) in [4.78, 5) is 34.2. The molecule has 9 nitrogen and oxygen atoms in total. The maximum atomic E-state index is 14.4. The van der Waals surface area contributed by atoms with E-state index in [1.54, 1.807) is 29.8 Å². The topological polar surface area (TPSA) is 125 Å². The second kappa shape index (κ2) is 10.1. The lowest BCUT2D eigenvalue weighted by atomic mass is 9.77. The molecule has 3 aromatic carbocycles. The first-order chi connectivity index (χ1) is 19.8. The minimum absolute atomic E-state index is 0.161. The molecule has 1 atom stereocenters. The van der Waals surface area contributed by atoms with Gasteiger partial charge in [0.25, 0.3) is 0 Å². The summed E-state index contributed by atoms with van der Waals surface area (Å²) in [6.45, 7) is 2.01. The van der Waals surface area contributed by atoms with Crippen molar-refractivity contribution >= 4 is 34.4 Å². The van der Waals surface area contributed by atoms with Gasteiger partial charge in [0, 0.05) is 17.4 Å². The Morgan fingerprint density at radius 1 is 1.05 bits per heavy atom. The number of aromatic nitrogens is 4. The van der Waals surface area contributed by atoms with E-state index in [1.165, 1.54) is 13.2 Å². The molecular formula is C31H27FN6O3. The van der Waals surface area contributed by atoms with E-state index in [4.69, 9.17) is 20.6 Å². The number of carbonyl (C=O) groups is 2. The number of nitrogens with one attached hydrogen (secondary N) is 1. The zero-order valence-electron chi connectivity index (χ0n) is 22.5. The molecule has 0 saturated heterocycles. The van der Waals surface area contributed by atoms with Crippen molar-refractivity contribution in [3.63, 3.8) is 0 Å². The predicted octanol–water partition coefficient (Wildman–Crippen LogP) is 4.63. The Kier molecular flexibility index (Phi) is 6.45. The van der Waals surface area contributed by atoms with E-state index < -0.39 is 5.41 Å². The van der Waals surface area contributed by atoms with Gasteiger partial charge >= 0.3 is 5.97 Å². The predicted molar refractivity (Wildman–Crippen MR) is 153 cm³/mol. The van der Waals surface area contributed by atoms with Crippen LogP contribution in [0.3, 0.4) is 0 Å². The number of nitrogens with two attached hydrogens (primary N) is 1. The Morgan fingerprint density at radius 3 is 2.54 bits per heavy atom. The first-order valence-corrected chi connectivity index (χ1v) is 13.1. The molecule has 206 valence electrons. The molecule has 3 N–H and O–H groups in total. The third-order valence-electron chi connectivity index (χ3n) is 7.65. The molecular weight excluding hydrogens is 523 g/mol. The smallest absolute Gasteiger partial charge is 0.305 e. The molecule has 41 heavy (non-hydrogen) atoms. The lowest BCUT2D eigenvalue weighted by Gasteiger charge is -2.23. The highest BCUT2D eigenvalue weighted by Gasteiger charge is 2.47. The summed E-state index contributed by atoms with van der Waals surface area (Å²) in [5, 5.41) is 8.41. The van der Waals surface area contributed by atoms with Gasteiger partial charge in [-0.15, -0.1) is 0 Å². The Bertz CT molecular complexity index is 1820. The van der Waals surface area contributed by atoms with Crippen LogP contribution in [0, 0.1) is 5.82 Å². The number of methoxy groups -OCH3 is 1. The molecule has 5 aromatic rings. The minimum atomic E-state index is -1.12. The van der Waals surface area contributed by atoms with Gasteiger partial charge < -0.3 is 15.8 Å². The van der Waals surface area contributed by atoms with E-state index in [0.717, 1.165) is 22.0 Å². The van der Waals surface area contributed by atoms with Gasteiger partial charge in [-0.05, 0) is 36.6 Å². The highest BCUT2D eigenvalue weighted by atomic mass is 19.1. The van der Waals surface area contributed by atoms with Crippen LogP contribution in [0.1, 0.15) is 35.6 Å². The Balaban J connectivity index is 1.38. The summed E-state index contributed by atoms with van der Waals surface area (Å²) >= 11 is 0. The highest BCUT2D eigenvalue weighted by Crippen LogP contribution is 2.45. The quantitative estimate of drug-likeness (QED) is 0.283. The number of para-hydroxylation sites is 1. The van der Waals surface area contributed by atoms with Crippen LogP contribution in [0.15, 0.2) is 72.8 Å². The molecule has 6 rings (SSSR count). The molecule has 1 amide bonds. The average Bonchev–Trinajstić information content (AvgIpc) is 3.48. The van der Waals surface area contributed by atoms with Gasteiger partial charge in [0.1, 0.15) is 28.6 Å². The van der Waals surface area contributed by atoms with Crippen molar-refractivity contribution in [2.45, 2.75) is 31.7 Å². The van der Waals surface area contributed by atoms with Crippen LogP contribution in [-0.2, 0) is 32.7 Å². The SMILES string of the molecule is COC(=O)CCc1ccc([C@]2(C)C(=O)Nc3nc(-c4nn(Cc5ccccc5F)c5ccccc45)nc(N)c32)cc1. The molecule has 0 bridgehead atoms. The van der Waals surface area contributed by atoms with Crippen molar-refractivity contribution in [1.82, 2.24) is 19.7 Å². The van der Waals surface area contributed by atoms with Crippen molar-refractivity contribution in [1.29, 1.82) is 0 Å². The fraction of sp³-hybridized carbons (Fsp3) is 0.194. The fourth-order valence-corrected chi connectivity index (χ4v) is 5.34. The van der Waals surface area contributed by atoms with Crippen molar-refractivity contribution in [3.8, 4) is 11.5 Å². The zero-order chi connectivity index (χ0) is 28.7. The first kappa shape index (κ1) is 26.1. The van der Waals surface area contributed by atoms with Crippen LogP contribution in [0.5, 0.6) is 0 Å². The standard InChI is InChI=1S/C31H27FN6O3/c1-31(20-14-11-18(12-15-20)13-16-24(39)41-2)25-27(33)34-29(35-28(25)36-30(31)40)26-21-8-4-6-10-23(21)38(37-26)17-19-7-3-5-9-22(19)32/h3-12,14-15H,13,16-17H2,1-2H3,(H3,33,34,35,36,40)/t31-/m0/s1. The number of halogens is 1. The molecule has 0 saturated carbocycles. The maximum absolute atomic E-state index is 14.4. The van der Waals surface area contributed by atoms with E-state index >= 15 is 0 Å². The fourth-order valence-electron chi connectivity index (χ4n) is 5.34. The number of nitrogen functional groups attached to an aromatic ring is 1. The Hall–Kier alpha value is -5.12. The monoisotopic (exact) mass is 550 g/mol. The largest absolute Gasteiger partial charge is 0.469 e. The second-order valence-corrected chi connectivity index (χ2v) is 10.1. The van der Waals surface area contributed by atoms with Crippen LogP contribution in [0.2, 0.25) is 0 Å². The summed E-state index contributed by atoms with van der Waals surface area (Å²) in [6.07, 6.45) is 0.795. The normalized spacial score (nSPS) is 16.0. The van der Waals surface area contributed by atoms with E-state index in [9.17, 15) is 14.0 Å². The lowest BCUT2D eigenvalue weighted by Crippen LogP contribution is -2.33. The zero-order valence-corrected chi connectivity index (χ0v) is 22.5. The molecule has 2 aromatic heterocycles. The number of hydrogen-bond donors (Lipinski definition) is 2. The third-order valence-corrected chi connectivity index (χ3v) is 7.65. The van der Waals surface area contributed by atoms with Gasteiger partial charge in [-0.3, -0.25) is 14.3 Å². The van der Waals surface area contributed by atoms with Gasteiger partial charge in [0.05, 0.1) is 24.7 Å². The summed E-state index contributed by atoms with van der Waals surface area (Å²) < 4.78 is 20.8. The van der Waals surface area contributed by atoms with Crippen LogP contribution >= 0.6 is 0 Å². The minimum Gasteiger partial charge on any atom is -0.469 e. The molecule has 0 radical (unpaired) electrons. The molecule has 10 heteroatoms. The van der Waals surface area contributed by atoms with E-state index in [1.807, 2.05) is 48.5 Å². The van der Waals surface area contributed by atoms with Crippen molar-refractivity contribution in [3.05, 3.63) is 101 Å². The number of aryl methyl sites for hydroxylation is 1. The van der Waals surface area contributed by atoms with Gasteiger partial charge in [0.15, 0.2) is 5.82 Å². The summed E-state index contributed by atoms with van der Waals surface area (Å²) in [5.41, 5.74) is 9.32. The van der Waals surface area contributed by atoms with E-state index in [0.29, 0.717) is 29.1 Å². The average molecular weight is 551 g/mol. The number of anilines is 2. The molecule has 0 fully saturated rings. The Morgan fingerprint density at radius 2 is 1.78 bits per heavy atom. The Labute approximate surface area is 235 Å². The van der Waals surface area contributed by atoms with Gasteiger partial charge in [-0.2, -0.15) is 5.10 Å². The molecule has 1 aliphatic rings. The second-order valence-electron chi connectivity index (χ2n) is 10.1. The van der Waals surface area contributed by atoms with Gasteiger partial charge in [-0.1, -0.05) is 60.7 Å². The number of carbonyl (C=O) groups excluding carboxylic acids is 2. The third kappa shape index (κ3) is 4.47. The van der Waals surface area contributed by atoms with Gasteiger partial charge in [-0.25, -0.2) is 14.4 Å². The number of nitrogens with zero attached hydrogens (tertiary/aromatic N) is 4. The molecule has 1 aliphatic heterocycles. The molecule has 3 heterocycles. The summed E-state index contributed by atoms with van der Waals surface area (Å²) in [7, 11) is 1.36. The van der Waals surface area contributed by atoms with Crippen molar-refractivity contribution < 1.29 is 18.7 Å². The number of benzene rings is 3. The molecule has 0 unspecified atom stereocenters. The molecule has 0 aliphatic carbocycles. The number of rotatable bonds is 7. The highest BCUT2D eigenvalue weighted by molar-refractivity contribution is 6.09. The number of fused-ring (bicyclic) bond motifs is 2. The number of ether oxygens (including phenoxy) is 1. The van der Waals surface area contributed by atoms with Crippen LogP contribution in [0.25, 0.3) is 22.4 Å². The van der Waals surface area contributed by atoms with Crippen molar-refractivity contribution in [2.75, 3.05) is 18.2 Å². The lowest BCUT2D eigenvalue weighted by molar-refractivity contribution is -0.140. The van der Waals surface area contributed by atoms with Crippen molar-refractivity contribution in [2.24, 2.45) is 0 Å².